The first kappa shape index (κ1) is 19.3. The predicted molar refractivity (Wildman–Crippen MR) is 113 cm³/mol. The highest BCUT2D eigenvalue weighted by Gasteiger charge is 2.08. The van der Waals surface area contributed by atoms with Gasteiger partial charge in [0.05, 0.1) is 5.69 Å². The Balaban J connectivity index is 1.35. The zero-order valence-corrected chi connectivity index (χ0v) is 17.0. The van der Waals surface area contributed by atoms with Gasteiger partial charge in [0.2, 0.25) is 0 Å². The molecule has 4 rings (SSSR count). The Hall–Kier alpha value is -4.01. The van der Waals surface area contributed by atoms with Crippen LogP contribution in [0.4, 0.5) is 10.5 Å². The fourth-order valence-corrected chi connectivity index (χ4v) is 3.07. The van der Waals surface area contributed by atoms with Crippen LogP contribution in [0.1, 0.15) is 22.8 Å². The van der Waals surface area contributed by atoms with Crippen molar-refractivity contribution in [3.63, 3.8) is 0 Å². The number of carbonyl (C=O) groups is 1. The number of pyridine rings is 1. The molecule has 0 unspecified atom stereocenters. The van der Waals surface area contributed by atoms with Crippen LogP contribution < -0.4 is 10.6 Å². The standard InChI is InChI=1S/C21H22N8O/c1-13-9-14(2)29(28-13)19-8-7-16(11-22-19)12-23-21(30)25-18-6-4-5-17(10-18)20-24-15(3)26-27-20/h4-11H,12H2,1-3H3,(H2,23,25,30)(H,24,26,27). The summed E-state index contributed by atoms with van der Waals surface area (Å²) < 4.78 is 1.79. The summed E-state index contributed by atoms with van der Waals surface area (Å²) in [6, 6.07) is 12.9. The van der Waals surface area contributed by atoms with E-state index in [1.165, 1.54) is 0 Å². The number of hydrogen-bond acceptors (Lipinski definition) is 5. The molecule has 30 heavy (non-hydrogen) atoms. The second-order valence-corrected chi connectivity index (χ2v) is 7.00. The van der Waals surface area contributed by atoms with Gasteiger partial charge in [-0.05, 0) is 50.6 Å². The van der Waals surface area contributed by atoms with Gasteiger partial charge in [0.15, 0.2) is 11.6 Å². The Morgan fingerprint density at radius 2 is 2.00 bits per heavy atom. The summed E-state index contributed by atoms with van der Waals surface area (Å²) in [5.74, 6) is 2.07. The molecule has 0 aliphatic carbocycles. The van der Waals surface area contributed by atoms with E-state index in [1.54, 1.807) is 10.9 Å². The van der Waals surface area contributed by atoms with Gasteiger partial charge >= 0.3 is 6.03 Å². The number of benzene rings is 1. The quantitative estimate of drug-likeness (QED) is 0.474. The average molecular weight is 402 g/mol. The van der Waals surface area contributed by atoms with Gasteiger partial charge < -0.3 is 10.6 Å². The minimum Gasteiger partial charge on any atom is -0.334 e. The Morgan fingerprint density at radius 1 is 1.13 bits per heavy atom. The number of nitrogens with zero attached hydrogens (tertiary/aromatic N) is 5. The largest absolute Gasteiger partial charge is 0.334 e. The molecular formula is C21H22N8O. The third-order valence-corrected chi connectivity index (χ3v) is 4.46. The number of rotatable bonds is 5. The normalized spacial score (nSPS) is 10.8. The van der Waals surface area contributed by atoms with E-state index in [0.29, 0.717) is 18.1 Å². The van der Waals surface area contributed by atoms with E-state index < -0.39 is 0 Å². The Morgan fingerprint density at radius 3 is 2.67 bits per heavy atom. The molecule has 0 bridgehead atoms. The van der Waals surface area contributed by atoms with Gasteiger partial charge in [-0.1, -0.05) is 18.2 Å². The Labute approximate surface area is 173 Å². The molecule has 1 aromatic carbocycles. The molecule has 3 aromatic heterocycles. The van der Waals surface area contributed by atoms with Gasteiger partial charge in [-0.15, -0.1) is 0 Å². The lowest BCUT2D eigenvalue weighted by atomic mass is 10.2. The van der Waals surface area contributed by atoms with Crippen molar-refractivity contribution in [3.8, 4) is 17.2 Å². The summed E-state index contributed by atoms with van der Waals surface area (Å²) in [4.78, 5) is 21.0. The van der Waals surface area contributed by atoms with E-state index in [1.807, 2.05) is 63.2 Å². The number of H-pyrrole nitrogens is 1. The molecule has 152 valence electrons. The van der Waals surface area contributed by atoms with Crippen LogP contribution in [0, 0.1) is 20.8 Å². The molecule has 0 saturated carbocycles. The maximum absolute atomic E-state index is 12.3. The van der Waals surface area contributed by atoms with Crippen LogP contribution in [0.3, 0.4) is 0 Å². The van der Waals surface area contributed by atoms with Gasteiger partial charge in [0.25, 0.3) is 0 Å². The van der Waals surface area contributed by atoms with Crippen LogP contribution in [0.15, 0.2) is 48.7 Å². The summed E-state index contributed by atoms with van der Waals surface area (Å²) in [5, 5.41) is 17.0. The molecule has 9 heteroatoms. The number of aromatic nitrogens is 6. The first-order valence-corrected chi connectivity index (χ1v) is 9.51. The fourth-order valence-electron chi connectivity index (χ4n) is 3.07. The first-order valence-electron chi connectivity index (χ1n) is 9.51. The average Bonchev–Trinajstić information content (AvgIpc) is 3.32. The number of carbonyl (C=O) groups excluding carboxylic acids is 1. The number of aryl methyl sites for hydroxylation is 3. The molecular weight excluding hydrogens is 380 g/mol. The number of hydrogen-bond donors (Lipinski definition) is 3. The van der Waals surface area contributed by atoms with Gasteiger partial charge in [-0.3, -0.25) is 5.10 Å². The lowest BCUT2D eigenvalue weighted by Gasteiger charge is -2.09. The highest BCUT2D eigenvalue weighted by Crippen LogP contribution is 2.19. The highest BCUT2D eigenvalue weighted by atomic mass is 16.2. The molecule has 3 N–H and O–H groups in total. The molecule has 3 heterocycles. The van der Waals surface area contributed by atoms with Crippen LogP contribution in [0.2, 0.25) is 0 Å². The van der Waals surface area contributed by atoms with Crippen LogP contribution in [0.25, 0.3) is 17.2 Å². The molecule has 0 atom stereocenters. The van der Waals surface area contributed by atoms with Crippen LogP contribution in [-0.4, -0.2) is 36.0 Å². The van der Waals surface area contributed by atoms with E-state index in [9.17, 15) is 4.79 Å². The van der Waals surface area contributed by atoms with Crippen molar-refractivity contribution in [1.82, 2.24) is 35.3 Å². The lowest BCUT2D eigenvalue weighted by Crippen LogP contribution is -2.28. The predicted octanol–water partition coefficient (Wildman–Crippen LogP) is 3.30. The van der Waals surface area contributed by atoms with E-state index in [4.69, 9.17) is 0 Å². The summed E-state index contributed by atoms with van der Waals surface area (Å²) in [6.45, 7) is 6.13. The summed E-state index contributed by atoms with van der Waals surface area (Å²) in [7, 11) is 0. The molecule has 0 spiro atoms. The third kappa shape index (κ3) is 4.35. The van der Waals surface area contributed by atoms with Crippen LogP contribution in [-0.2, 0) is 6.54 Å². The summed E-state index contributed by atoms with van der Waals surface area (Å²) in [6.07, 6.45) is 1.73. The van der Waals surface area contributed by atoms with Gasteiger partial charge in [-0.25, -0.2) is 19.4 Å². The van der Waals surface area contributed by atoms with Gasteiger partial charge in [-0.2, -0.15) is 10.2 Å². The van der Waals surface area contributed by atoms with Crippen molar-refractivity contribution in [2.75, 3.05) is 5.32 Å². The van der Waals surface area contributed by atoms with Crippen molar-refractivity contribution in [2.24, 2.45) is 0 Å². The zero-order valence-electron chi connectivity index (χ0n) is 17.0. The monoisotopic (exact) mass is 402 g/mol. The second-order valence-electron chi connectivity index (χ2n) is 7.00. The first-order chi connectivity index (χ1) is 14.5. The number of amides is 2. The van der Waals surface area contributed by atoms with E-state index in [-0.39, 0.29) is 6.03 Å². The second kappa shape index (κ2) is 8.16. The van der Waals surface area contributed by atoms with Crippen molar-refractivity contribution in [2.45, 2.75) is 27.3 Å². The van der Waals surface area contributed by atoms with Crippen molar-refractivity contribution in [1.29, 1.82) is 0 Å². The van der Waals surface area contributed by atoms with Crippen molar-refractivity contribution < 1.29 is 4.79 Å². The summed E-state index contributed by atoms with van der Waals surface area (Å²) in [5.41, 5.74) is 4.33. The van der Waals surface area contributed by atoms with E-state index >= 15 is 0 Å². The Kier molecular flexibility index (Phi) is 5.25. The minimum absolute atomic E-state index is 0.305. The number of anilines is 1. The number of aromatic amines is 1. The SMILES string of the molecule is Cc1cc(C)n(-c2ccc(CNC(=O)Nc3cccc(-c4n[nH]c(C)n4)c3)cn2)n1. The third-order valence-electron chi connectivity index (χ3n) is 4.46. The molecule has 0 saturated heterocycles. The smallest absolute Gasteiger partial charge is 0.319 e. The topological polar surface area (TPSA) is 113 Å². The molecule has 4 aromatic rings. The van der Waals surface area contributed by atoms with E-state index in [0.717, 1.165) is 34.2 Å². The Bertz CT molecular complexity index is 1180. The maximum Gasteiger partial charge on any atom is 0.319 e. The molecule has 0 radical (unpaired) electrons. The molecule has 0 aliphatic rings. The summed E-state index contributed by atoms with van der Waals surface area (Å²) >= 11 is 0. The van der Waals surface area contributed by atoms with E-state index in [2.05, 4.69) is 35.9 Å². The van der Waals surface area contributed by atoms with Gasteiger partial charge in [0.1, 0.15) is 5.82 Å². The lowest BCUT2D eigenvalue weighted by molar-refractivity contribution is 0.251. The van der Waals surface area contributed by atoms with Gasteiger partial charge in [0, 0.05) is 29.7 Å². The molecule has 2 amide bonds. The molecule has 9 nitrogen and oxygen atoms in total. The van der Waals surface area contributed by atoms with Crippen molar-refractivity contribution >= 4 is 11.7 Å². The fraction of sp³-hybridized carbons (Fsp3) is 0.190. The molecule has 0 fully saturated rings. The molecule has 0 aliphatic heterocycles. The maximum atomic E-state index is 12.3. The zero-order chi connectivity index (χ0) is 21.1. The number of nitrogens with one attached hydrogen (secondary N) is 3. The highest BCUT2D eigenvalue weighted by molar-refractivity contribution is 5.89. The number of urea groups is 1. The van der Waals surface area contributed by atoms with Crippen molar-refractivity contribution in [3.05, 3.63) is 71.4 Å². The minimum atomic E-state index is -0.305. The van der Waals surface area contributed by atoms with Crippen LogP contribution >= 0.6 is 0 Å². The van der Waals surface area contributed by atoms with Crippen LogP contribution in [0.5, 0.6) is 0 Å².